The van der Waals surface area contributed by atoms with Crippen LogP contribution < -0.4 is 10.5 Å². The van der Waals surface area contributed by atoms with Crippen LogP contribution in [0.2, 0.25) is 0 Å². The summed E-state index contributed by atoms with van der Waals surface area (Å²) in [6.07, 6.45) is 1.60. The number of carbonyl (C=O) groups excluding carboxylic acids is 2. The van der Waals surface area contributed by atoms with Crippen molar-refractivity contribution in [3.63, 3.8) is 0 Å². The van der Waals surface area contributed by atoms with E-state index in [2.05, 4.69) is 0 Å². The van der Waals surface area contributed by atoms with Crippen molar-refractivity contribution in [1.29, 1.82) is 0 Å². The molecule has 0 aromatic heterocycles. The molecule has 1 atom stereocenters. The van der Waals surface area contributed by atoms with E-state index >= 15 is 0 Å². The number of rotatable bonds is 6. The molecule has 9 nitrogen and oxygen atoms in total. The van der Waals surface area contributed by atoms with Gasteiger partial charge in [0, 0.05) is 30.5 Å². The number of nitro groups is 1. The van der Waals surface area contributed by atoms with E-state index in [1.165, 1.54) is 19.2 Å². The molecule has 0 radical (unpaired) electrons. The maximum absolute atomic E-state index is 12.8. The lowest BCUT2D eigenvalue weighted by atomic mass is 9.77. The molecule has 0 saturated carbocycles. The Labute approximate surface area is 189 Å². The second kappa shape index (κ2) is 9.15. The number of non-ortho nitro benzene ring substituents is 1. The van der Waals surface area contributed by atoms with E-state index in [4.69, 9.17) is 19.9 Å². The number of esters is 1. The van der Waals surface area contributed by atoms with Gasteiger partial charge in [-0.05, 0) is 29.7 Å². The average molecular weight is 450 g/mol. The summed E-state index contributed by atoms with van der Waals surface area (Å²) in [5, 5.41) is 10.9. The second-order valence-corrected chi connectivity index (χ2v) is 7.70. The minimum atomic E-state index is -0.695. The predicted molar refractivity (Wildman–Crippen MR) is 117 cm³/mol. The van der Waals surface area contributed by atoms with Crippen molar-refractivity contribution >= 4 is 17.4 Å². The normalized spacial score (nSPS) is 17.8. The first-order chi connectivity index (χ1) is 15.9. The lowest BCUT2D eigenvalue weighted by Gasteiger charge is -2.32. The minimum Gasteiger partial charge on any atom is -0.489 e. The third kappa shape index (κ3) is 4.43. The molecule has 170 valence electrons. The topological polar surface area (TPSA) is 131 Å². The zero-order valence-electron chi connectivity index (χ0n) is 17.9. The third-order valence-corrected chi connectivity index (χ3v) is 5.63. The van der Waals surface area contributed by atoms with Crippen LogP contribution >= 0.6 is 0 Å². The minimum absolute atomic E-state index is 0.00749. The fourth-order valence-corrected chi connectivity index (χ4v) is 4.08. The Morgan fingerprint density at radius 1 is 1.21 bits per heavy atom. The number of benzene rings is 2. The molecule has 1 heterocycles. The van der Waals surface area contributed by atoms with Gasteiger partial charge in [-0.2, -0.15) is 0 Å². The molecule has 0 bridgehead atoms. The lowest BCUT2D eigenvalue weighted by molar-refractivity contribution is -0.384. The number of ketones is 1. The van der Waals surface area contributed by atoms with Crippen molar-refractivity contribution in [2.24, 2.45) is 5.73 Å². The Morgan fingerprint density at radius 2 is 1.97 bits per heavy atom. The van der Waals surface area contributed by atoms with Gasteiger partial charge in [-0.15, -0.1) is 0 Å². The molecule has 0 spiro atoms. The van der Waals surface area contributed by atoms with Crippen molar-refractivity contribution in [3.8, 4) is 5.75 Å². The van der Waals surface area contributed by atoms with E-state index in [1.807, 2.05) is 0 Å². The van der Waals surface area contributed by atoms with Crippen LogP contribution in [-0.4, -0.2) is 23.8 Å². The van der Waals surface area contributed by atoms with Crippen LogP contribution in [0.4, 0.5) is 5.69 Å². The Balaban J connectivity index is 1.60. The number of Topliss-reactive ketones (excluding diaryl/α,β-unsaturated/α-hetero) is 1. The Kier molecular flexibility index (Phi) is 6.12. The van der Waals surface area contributed by atoms with Gasteiger partial charge in [0.2, 0.25) is 5.88 Å². The lowest BCUT2D eigenvalue weighted by Crippen LogP contribution is -2.31. The van der Waals surface area contributed by atoms with Gasteiger partial charge in [0.15, 0.2) is 5.78 Å². The van der Waals surface area contributed by atoms with Crippen LogP contribution in [-0.2, 0) is 25.7 Å². The summed E-state index contributed by atoms with van der Waals surface area (Å²) in [6.45, 7) is 0.145. The van der Waals surface area contributed by atoms with Gasteiger partial charge in [0.05, 0.1) is 18.0 Å². The molecule has 0 saturated heterocycles. The maximum atomic E-state index is 12.8. The standard InChI is InChI=1S/C24H22N2O7/c1-31-24(28)22-20(21-18(27)6-3-7-19(21)33-23(22)25)15-8-10-17(11-9-15)32-13-14-4-2-5-16(12-14)26(29)30/h2,4-5,8-12,20H,3,6-7,13,25H2,1H3/t20-/m1/s1. The summed E-state index contributed by atoms with van der Waals surface area (Å²) < 4.78 is 16.3. The number of methoxy groups -OCH3 is 1. The summed E-state index contributed by atoms with van der Waals surface area (Å²) in [5.74, 6) is -0.480. The van der Waals surface area contributed by atoms with Crippen molar-refractivity contribution in [1.82, 2.24) is 0 Å². The molecule has 2 aromatic rings. The molecule has 0 fully saturated rings. The third-order valence-electron chi connectivity index (χ3n) is 5.63. The summed E-state index contributed by atoms with van der Waals surface area (Å²) in [7, 11) is 1.25. The van der Waals surface area contributed by atoms with E-state index in [-0.39, 0.29) is 29.5 Å². The van der Waals surface area contributed by atoms with Gasteiger partial charge in [0.1, 0.15) is 23.7 Å². The van der Waals surface area contributed by atoms with Gasteiger partial charge in [-0.3, -0.25) is 14.9 Å². The van der Waals surface area contributed by atoms with Crippen molar-refractivity contribution in [2.45, 2.75) is 31.8 Å². The number of nitrogens with two attached hydrogens (primary N) is 1. The number of allylic oxidation sites excluding steroid dienone is 2. The Hall–Kier alpha value is -4.14. The van der Waals surface area contributed by atoms with Gasteiger partial charge >= 0.3 is 5.97 Å². The van der Waals surface area contributed by atoms with E-state index in [0.29, 0.717) is 47.5 Å². The smallest absolute Gasteiger partial charge is 0.340 e. The highest BCUT2D eigenvalue weighted by Crippen LogP contribution is 2.44. The first-order valence-corrected chi connectivity index (χ1v) is 10.4. The van der Waals surface area contributed by atoms with Crippen LogP contribution in [0.3, 0.4) is 0 Å². The number of nitro benzene ring substituents is 1. The predicted octanol–water partition coefficient (Wildman–Crippen LogP) is 3.64. The zero-order chi connectivity index (χ0) is 23.5. The SMILES string of the molecule is COC(=O)C1=C(N)OC2=C(C(=O)CCC2)[C@H]1c1ccc(OCc2cccc([N+](=O)[O-])c2)cc1. The van der Waals surface area contributed by atoms with Crippen molar-refractivity contribution in [2.75, 3.05) is 7.11 Å². The van der Waals surface area contributed by atoms with Crippen LogP contribution in [0.25, 0.3) is 0 Å². The summed E-state index contributed by atoms with van der Waals surface area (Å²) in [6, 6.07) is 13.1. The molecule has 0 unspecified atom stereocenters. The van der Waals surface area contributed by atoms with Crippen LogP contribution in [0.5, 0.6) is 5.75 Å². The quantitative estimate of drug-likeness (QED) is 0.401. The highest BCUT2D eigenvalue weighted by molar-refractivity contribution is 6.03. The highest BCUT2D eigenvalue weighted by Gasteiger charge is 2.41. The van der Waals surface area contributed by atoms with E-state index in [1.54, 1.807) is 36.4 Å². The van der Waals surface area contributed by atoms with Gasteiger partial charge in [-0.1, -0.05) is 24.3 Å². The summed E-state index contributed by atoms with van der Waals surface area (Å²) in [5.41, 5.74) is 7.90. The van der Waals surface area contributed by atoms with Crippen LogP contribution in [0, 0.1) is 10.1 Å². The molecule has 0 amide bonds. The number of ether oxygens (including phenoxy) is 3. The van der Waals surface area contributed by atoms with Crippen LogP contribution in [0.15, 0.2) is 71.3 Å². The fourth-order valence-electron chi connectivity index (χ4n) is 4.08. The molecule has 4 rings (SSSR count). The number of nitrogens with zero attached hydrogens (tertiary/aromatic N) is 1. The number of carbonyl (C=O) groups is 2. The van der Waals surface area contributed by atoms with Crippen molar-refractivity contribution in [3.05, 3.63) is 92.6 Å². The summed E-state index contributed by atoms with van der Waals surface area (Å²) in [4.78, 5) is 35.7. The van der Waals surface area contributed by atoms with E-state index in [0.717, 1.165) is 0 Å². The largest absolute Gasteiger partial charge is 0.489 e. The fraction of sp³-hybridized carbons (Fsp3) is 0.250. The molecule has 2 aliphatic rings. The molecule has 1 aliphatic heterocycles. The van der Waals surface area contributed by atoms with Crippen LogP contribution in [0.1, 0.15) is 36.3 Å². The van der Waals surface area contributed by atoms with Gasteiger partial charge in [0.25, 0.3) is 5.69 Å². The highest BCUT2D eigenvalue weighted by atomic mass is 16.6. The first kappa shape index (κ1) is 22.1. The second-order valence-electron chi connectivity index (χ2n) is 7.70. The molecule has 2 aromatic carbocycles. The van der Waals surface area contributed by atoms with Gasteiger partial charge in [-0.25, -0.2) is 4.79 Å². The first-order valence-electron chi connectivity index (χ1n) is 10.4. The Morgan fingerprint density at radius 3 is 2.67 bits per heavy atom. The zero-order valence-corrected chi connectivity index (χ0v) is 17.9. The van der Waals surface area contributed by atoms with E-state index < -0.39 is 16.8 Å². The molecule has 33 heavy (non-hydrogen) atoms. The maximum Gasteiger partial charge on any atom is 0.340 e. The average Bonchev–Trinajstić information content (AvgIpc) is 2.82. The summed E-state index contributed by atoms with van der Waals surface area (Å²) >= 11 is 0. The molecular formula is C24H22N2O7. The molecular weight excluding hydrogens is 428 g/mol. The number of hydrogen-bond acceptors (Lipinski definition) is 8. The Bertz CT molecular complexity index is 1180. The van der Waals surface area contributed by atoms with E-state index in [9.17, 15) is 19.7 Å². The number of hydrogen-bond donors (Lipinski definition) is 1. The molecule has 1 aliphatic carbocycles. The monoisotopic (exact) mass is 450 g/mol. The van der Waals surface area contributed by atoms with Gasteiger partial charge < -0.3 is 19.9 Å². The van der Waals surface area contributed by atoms with Crippen molar-refractivity contribution < 1.29 is 28.7 Å². The molecule has 2 N–H and O–H groups in total. The molecule has 9 heteroatoms.